The predicted molar refractivity (Wildman–Crippen MR) is 102 cm³/mol. The van der Waals surface area contributed by atoms with E-state index in [9.17, 15) is 22.0 Å². The monoisotopic (exact) mass is 396 g/mol. The van der Waals surface area contributed by atoms with Gasteiger partial charge >= 0.3 is 5.76 Å². The predicted octanol–water partition coefficient (Wildman–Crippen LogP) is 3.76. The standard InChI is InChI=1S/C19H22F2N2O3S/c1-4-23(16-10-9-13(2)11-14(16)3)12-18(24)22-15-7-5-6-8-17(15)27(25,26)19(20)21/h5-11,19H,4,12H2,1-3H3,(H,22,24). The molecular weight excluding hydrogens is 374 g/mol. The van der Waals surface area contributed by atoms with Crippen LogP contribution in [0.25, 0.3) is 0 Å². The third-order valence-electron chi connectivity index (χ3n) is 4.11. The Hall–Kier alpha value is -2.48. The summed E-state index contributed by atoms with van der Waals surface area (Å²) in [6.45, 7) is 6.31. The quantitative estimate of drug-likeness (QED) is 0.774. The molecule has 0 saturated carbocycles. The highest BCUT2D eigenvalue weighted by molar-refractivity contribution is 7.91. The first-order chi connectivity index (χ1) is 12.7. The Balaban J connectivity index is 2.23. The molecule has 0 fully saturated rings. The van der Waals surface area contributed by atoms with Crippen LogP contribution < -0.4 is 10.2 Å². The molecule has 8 heteroatoms. The number of sulfone groups is 1. The van der Waals surface area contributed by atoms with Gasteiger partial charge in [-0.1, -0.05) is 29.8 Å². The third kappa shape index (κ3) is 4.82. The number of hydrogen-bond acceptors (Lipinski definition) is 4. The summed E-state index contributed by atoms with van der Waals surface area (Å²) in [5, 5.41) is 2.44. The van der Waals surface area contributed by atoms with Crippen molar-refractivity contribution in [1.82, 2.24) is 0 Å². The molecule has 0 atom stereocenters. The molecule has 0 heterocycles. The van der Waals surface area contributed by atoms with E-state index >= 15 is 0 Å². The van der Waals surface area contributed by atoms with Crippen LogP contribution in [0.2, 0.25) is 0 Å². The molecule has 0 aliphatic carbocycles. The van der Waals surface area contributed by atoms with Gasteiger partial charge in [-0.3, -0.25) is 4.79 Å². The van der Waals surface area contributed by atoms with E-state index in [1.54, 1.807) is 0 Å². The number of benzene rings is 2. The normalized spacial score (nSPS) is 11.5. The number of carbonyl (C=O) groups is 1. The van der Waals surface area contributed by atoms with E-state index in [0.717, 1.165) is 22.9 Å². The summed E-state index contributed by atoms with van der Waals surface area (Å²) in [6, 6.07) is 11.0. The van der Waals surface area contributed by atoms with Gasteiger partial charge in [0.1, 0.15) is 0 Å². The van der Waals surface area contributed by atoms with Crippen molar-refractivity contribution in [2.24, 2.45) is 0 Å². The van der Waals surface area contributed by atoms with E-state index in [1.165, 1.54) is 18.2 Å². The number of aryl methyl sites for hydroxylation is 2. The Morgan fingerprint density at radius 3 is 2.41 bits per heavy atom. The minimum Gasteiger partial charge on any atom is -0.362 e. The van der Waals surface area contributed by atoms with Crippen molar-refractivity contribution in [2.75, 3.05) is 23.3 Å². The van der Waals surface area contributed by atoms with Gasteiger partial charge in [-0.05, 0) is 44.5 Å². The topological polar surface area (TPSA) is 66.5 Å². The summed E-state index contributed by atoms with van der Waals surface area (Å²) >= 11 is 0. The van der Waals surface area contributed by atoms with Gasteiger partial charge in [0, 0.05) is 12.2 Å². The van der Waals surface area contributed by atoms with Crippen LogP contribution in [-0.2, 0) is 14.6 Å². The molecule has 0 spiro atoms. The number of nitrogens with zero attached hydrogens (tertiary/aromatic N) is 1. The van der Waals surface area contributed by atoms with Crippen LogP contribution in [-0.4, -0.2) is 33.2 Å². The number of alkyl halides is 2. The molecule has 2 aromatic carbocycles. The van der Waals surface area contributed by atoms with E-state index in [1.807, 2.05) is 43.9 Å². The highest BCUT2D eigenvalue weighted by Crippen LogP contribution is 2.26. The first kappa shape index (κ1) is 20.8. The van der Waals surface area contributed by atoms with Gasteiger partial charge in [0.2, 0.25) is 15.7 Å². The summed E-state index contributed by atoms with van der Waals surface area (Å²) in [5.41, 5.74) is 2.83. The Morgan fingerprint density at radius 2 is 1.81 bits per heavy atom. The van der Waals surface area contributed by atoms with Crippen molar-refractivity contribution in [2.45, 2.75) is 31.4 Å². The molecule has 0 radical (unpaired) electrons. The molecular formula is C19H22F2N2O3S. The molecule has 0 aromatic heterocycles. The second-order valence-electron chi connectivity index (χ2n) is 6.15. The van der Waals surface area contributed by atoms with Crippen molar-refractivity contribution in [3.05, 3.63) is 53.6 Å². The lowest BCUT2D eigenvalue weighted by Gasteiger charge is -2.25. The van der Waals surface area contributed by atoms with Gasteiger partial charge in [-0.25, -0.2) is 8.42 Å². The summed E-state index contributed by atoms with van der Waals surface area (Å²) in [6.07, 6.45) is 0. The minimum atomic E-state index is -4.81. The maximum atomic E-state index is 12.9. The lowest BCUT2D eigenvalue weighted by molar-refractivity contribution is -0.115. The highest BCUT2D eigenvalue weighted by atomic mass is 32.2. The third-order valence-corrected chi connectivity index (χ3v) is 5.55. The fraction of sp³-hybridized carbons (Fsp3) is 0.316. The summed E-state index contributed by atoms with van der Waals surface area (Å²) in [5.74, 6) is -4.05. The van der Waals surface area contributed by atoms with E-state index in [0.29, 0.717) is 6.54 Å². The number of nitrogens with one attached hydrogen (secondary N) is 1. The van der Waals surface area contributed by atoms with Crippen LogP contribution in [0.3, 0.4) is 0 Å². The molecule has 0 bridgehead atoms. The van der Waals surface area contributed by atoms with Crippen LogP contribution in [0.5, 0.6) is 0 Å². The molecule has 5 nitrogen and oxygen atoms in total. The van der Waals surface area contributed by atoms with Crippen LogP contribution in [0, 0.1) is 13.8 Å². The minimum absolute atomic E-state index is 0.0382. The molecule has 1 N–H and O–H groups in total. The fourth-order valence-corrected chi connectivity index (χ4v) is 3.69. The molecule has 2 rings (SSSR count). The Morgan fingerprint density at radius 1 is 1.15 bits per heavy atom. The largest absolute Gasteiger partial charge is 0.362 e. The molecule has 27 heavy (non-hydrogen) atoms. The molecule has 0 unspecified atom stereocenters. The summed E-state index contributed by atoms with van der Waals surface area (Å²) in [7, 11) is -4.81. The number of halogens is 2. The van der Waals surface area contributed by atoms with Gasteiger partial charge in [0.15, 0.2) is 0 Å². The van der Waals surface area contributed by atoms with Crippen molar-refractivity contribution < 1.29 is 22.0 Å². The number of likely N-dealkylation sites (N-methyl/N-ethyl adjacent to an activating group) is 1. The van der Waals surface area contributed by atoms with Crippen LogP contribution in [0.4, 0.5) is 20.2 Å². The summed E-state index contributed by atoms with van der Waals surface area (Å²) in [4.78, 5) is 13.7. The second kappa shape index (κ2) is 8.47. The van der Waals surface area contributed by atoms with E-state index in [4.69, 9.17) is 0 Å². The number of para-hydroxylation sites is 1. The highest BCUT2D eigenvalue weighted by Gasteiger charge is 2.29. The molecule has 146 valence electrons. The number of rotatable bonds is 7. The van der Waals surface area contributed by atoms with Crippen molar-refractivity contribution in [3.63, 3.8) is 0 Å². The average Bonchev–Trinajstić information content (AvgIpc) is 2.60. The SMILES string of the molecule is CCN(CC(=O)Nc1ccccc1S(=O)(=O)C(F)F)c1ccc(C)cc1C. The fourth-order valence-electron chi connectivity index (χ4n) is 2.80. The number of amides is 1. The first-order valence-electron chi connectivity index (χ1n) is 8.40. The number of carbonyl (C=O) groups excluding carboxylic acids is 1. The average molecular weight is 396 g/mol. The molecule has 2 aromatic rings. The Bertz CT molecular complexity index is 930. The second-order valence-corrected chi connectivity index (χ2v) is 8.04. The zero-order valence-corrected chi connectivity index (χ0v) is 16.2. The zero-order chi connectivity index (χ0) is 20.2. The summed E-state index contributed by atoms with van der Waals surface area (Å²) < 4.78 is 49.3. The number of anilines is 2. The lowest BCUT2D eigenvalue weighted by Crippen LogP contribution is -2.34. The van der Waals surface area contributed by atoms with Gasteiger partial charge in [-0.15, -0.1) is 0 Å². The van der Waals surface area contributed by atoms with Crippen molar-refractivity contribution in [3.8, 4) is 0 Å². The van der Waals surface area contributed by atoms with Gasteiger partial charge in [-0.2, -0.15) is 8.78 Å². The van der Waals surface area contributed by atoms with E-state index in [2.05, 4.69) is 5.32 Å². The van der Waals surface area contributed by atoms with E-state index in [-0.39, 0.29) is 12.2 Å². The molecule has 0 aliphatic rings. The Kier molecular flexibility index (Phi) is 6.54. The maximum absolute atomic E-state index is 12.9. The van der Waals surface area contributed by atoms with Crippen molar-refractivity contribution in [1.29, 1.82) is 0 Å². The van der Waals surface area contributed by atoms with Crippen molar-refractivity contribution >= 4 is 27.1 Å². The first-order valence-corrected chi connectivity index (χ1v) is 9.94. The van der Waals surface area contributed by atoms with Gasteiger partial charge in [0.05, 0.1) is 17.1 Å². The van der Waals surface area contributed by atoms with Crippen LogP contribution in [0.1, 0.15) is 18.1 Å². The molecule has 1 amide bonds. The molecule has 0 aliphatic heterocycles. The number of hydrogen-bond donors (Lipinski definition) is 1. The maximum Gasteiger partial charge on any atom is 0.341 e. The lowest BCUT2D eigenvalue weighted by atomic mass is 10.1. The van der Waals surface area contributed by atoms with Crippen LogP contribution >= 0.6 is 0 Å². The molecule has 0 saturated heterocycles. The van der Waals surface area contributed by atoms with Gasteiger partial charge < -0.3 is 10.2 Å². The zero-order valence-electron chi connectivity index (χ0n) is 15.4. The smallest absolute Gasteiger partial charge is 0.341 e. The van der Waals surface area contributed by atoms with E-state index < -0.39 is 26.4 Å². The van der Waals surface area contributed by atoms with Gasteiger partial charge in [0.25, 0.3) is 0 Å². The Labute approximate surface area is 157 Å². The van der Waals surface area contributed by atoms with Crippen LogP contribution in [0.15, 0.2) is 47.4 Å².